The van der Waals surface area contributed by atoms with Gasteiger partial charge in [0.25, 0.3) is 0 Å². The Morgan fingerprint density at radius 3 is 1.40 bits per heavy atom. The van der Waals surface area contributed by atoms with Crippen molar-refractivity contribution in [2.75, 3.05) is 41.0 Å². The highest BCUT2D eigenvalue weighted by molar-refractivity contribution is 5.70. The van der Waals surface area contributed by atoms with Crippen LogP contribution in [0, 0.1) is 0 Å². The number of carbonyl (C=O) groups is 3. The number of carboxylic acids is 1. The summed E-state index contributed by atoms with van der Waals surface area (Å²) in [5.41, 5.74) is 0. The van der Waals surface area contributed by atoms with Crippen LogP contribution in [0.2, 0.25) is 0 Å². The lowest BCUT2D eigenvalue weighted by Gasteiger charge is -2.34. The fourth-order valence-corrected chi connectivity index (χ4v) is 6.76. The number of ether oxygens (including phenoxy) is 3. The second-order valence-corrected chi connectivity index (χ2v) is 17.7. The van der Waals surface area contributed by atoms with Gasteiger partial charge >= 0.3 is 11.9 Å². The van der Waals surface area contributed by atoms with E-state index in [1.165, 1.54) is 44.9 Å². The number of nitrogens with zero attached hydrogens (tertiary/aromatic N) is 1. The number of carboxylic acid groups (broad SMARTS) is 1. The van der Waals surface area contributed by atoms with Crippen LogP contribution < -0.4 is 5.11 Å². The first kappa shape index (κ1) is 61.0. The predicted octanol–water partition coefficient (Wildman–Crippen LogP) is 13.5. The summed E-state index contributed by atoms with van der Waals surface area (Å²) in [6, 6.07) is -0.746. The maximum atomic E-state index is 12.8. The fraction of sp³-hybridized carbons (Fsp3) is 0.632. The van der Waals surface area contributed by atoms with E-state index in [1.807, 2.05) is 0 Å². The van der Waals surface area contributed by atoms with Crippen molar-refractivity contribution < 1.29 is 38.2 Å². The van der Waals surface area contributed by atoms with E-state index < -0.39 is 18.1 Å². The number of quaternary nitrogens is 1. The summed E-state index contributed by atoms with van der Waals surface area (Å²) in [6.45, 7) is 4.45. The van der Waals surface area contributed by atoms with Crippen molar-refractivity contribution in [2.24, 2.45) is 0 Å². The molecule has 0 radical (unpaired) electrons. The number of carbonyl (C=O) groups excluding carboxylic acids is 3. The molecule has 65 heavy (non-hydrogen) atoms. The van der Waals surface area contributed by atoms with Gasteiger partial charge in [0, 0.05) is 19.3 Å². The van der Waals surface area contributed by atoms with E-state index in [0.717, 1.165) is 96.3 Å². The van der Waals surface area contributed by atoms with Gasteiger partial charge in [-0.25, -0.2) is 0 Å². The minimum atomic E-state index is -1.14. The minimum Gasteiger partial charge on any atom is -0.544 e. The third-order valence-corrected chi connectivity index (χ3v) is 10.7. The Hall–Kier alpha value is -4.01. The van der Waals surface area contributed by atoms with Crippen molar-refractivity contribution in [3.05, 3.63) is 109 Å². The highest BCUT2D eigenvalue weighted by Gasteiger charge is 2.25. The van der Waals surface area contributed by atoms with Gasteiger partial charge in [0.05, 0.1) is 40.3 Å². The molecular formula is C57H93NO7. The Labute approximate surface area is 398 Å². The molecule has 0 aromatic rings. The monoisotopic (exact) mass is 904 g/mol. The third kappa shape index (κ3) is 45.0. The molecule has 2 atom stereocenters. The van der Waals surface area contributed by atoms with Crippen LogP contribution in [0.1, 0.15) is 181 Å². The van der Waals surface area contributed by atoms with Crippen LogP contribution in [0.4, 0.5) is 0 Å². The summed E-state index contributed by atoms with van der Waals surface area (Å²) in [6.07, 6.45) is 64.1. The van der Waals surface area contributed by atoms with Gasteiger partial charge in [-0.1, -0.05) is 181 Å². The molecule has 0 aliphatic heterocycles. The van der Waals surface area contributed by atoms with Crippen molar-refractivity contribution >= 4 is 17.9 Å². The number of hydrogen-bond donors (Lipinski definition) is 0. The maximum absolute atomic E-state index is 12.8. The topological polar surface area (TPSA) is 102 Å². The number of rotatable bonds is 44. The van der Waals surface area contributed by atoms with Gasteiger partial charge < -0.3 is 28.6 Å². The Morgan fingerprint density at radius 2 is 0.923 bits per heavy atom. The molecule has 0 spiro atoms. The van der Waals surface area contributed by atoms with Gasteiger partial charge in [0.2, 0.25) is 0 Å². The molecule has 0 aromatic heterocycles. The lowest BCUT2D eigenvalue weighted by Crippen LogP contribution is -2.55. The van der Waals surface area contributed by atoms with Crippen LogP contribution >= 0.6 is 0 Å². The molecule has 2 unspecified atom stereocenters. The molecule has 368 valence electrons. The highest BCUT2D eigenvalue weighted by Crippen LogP contribution is 2.12. The molecule has 0 saturated carbocycles. The first-order valence-electron chi connectivity index (χ1n) is 25.4. The van der Waals surface area contributed by atoms with E-state index in [-0.39, 0.29) is 49.1 Å². The molecule has 0 saturated heterocycles. The molecule has 0 aromatic carbocycles. The molecule has 8 heteroatoms. The minimum absolute atomic E-state index is 0.00518. The van der Waals surface area contributed by atoms with E-state index in [2.05, 4.69) is 123 Å². The standard InChI is InChI=1S/C57H93NO7/c1-6-8-10-12-14-16-18-20-22-24-26-27-28-29-30-32-34-36-38-40-42-44-46-48-56(60)65-53(51-63-50-49-54(57(61)62)58(3,4)5)52-64-55(59)47-45-43-41-39-37-35-33-31-25-23-21-19-17-15-13-11-9-7-2/h8,10,14,16,20,22-23,25-27,29-31,33-34,36,40,42,53-54H,6-7,9,11-13,15,17-19,21,24,28,32,35,37-39,41,43-52H2,1-5H3/b10-8+,16-14+,22-20+,25-23+,27-26+,30-29+,33-31+,36-34+,42-40+. The lowest BCUT2D eigenvalue weighted by atomic mass is 10.1. The molecule has 0 heterocycles. The summed E-state index contributed by atoms with van der Waals surface area (Å²) < 4.78 is 17.1. The molecular weight excluding hydrogens is 811 g/mol. The van der Waals surface area contributed by atoms with Crippen LogP contribution in [0.3, 0.4) is 0 Å². The third-order valence-electron chi connectivity index (χ3n) is 10.7. The number of hydrogen-bond acceptors (Lipinski definition) is 7. The molecule has 0 amide bonds. The number of aliphatic carboxylic acids is 1. The summed E-state index contributed by atoms with van der Waals surface area (Å²) in [5.74, 6) is -1.84. The van der Waals surface area contributed by atoms with Crippen LogP contribution in [-0.4, -0.2) is 75.5 Å². The van der Waals surface area contributed by atoms with E-state index in [1.54, 1.807) is 21.1 Å². The average Bonchev–Trinajstić information content (AvgIpc) is 3.27. The summed E-state index contributed by atoms with van der Waals surface area (Å²) in [4.78, 5) is 37.0. The van der Waals surface area contributed by atoms with E-state index >= 15 is 0 Å². The SMILES string of the molecule is CC/C=C/C/C=C/C/C=C/C/C=C/C/C=C/C/C=C/C/C=C/CCCC(=O)OC(COCCC(C(=O)[O-])[N+](C)(C)C)COC(=O)CCCCCCC/C=C/C=C/CCCCCCCCC. The zero-order valence-corrected chi connectivity index (χ0v) is 41.9. The summed E-state index contributed by atoms with van der Waals surface area (Å²) >= 11 is 0. The number of likely N-dealkylation sites (N-methyl/N-ethyl adjacent to an activating group) is 1. The van der Waals surface area contributed by atoms with Crippen molar-refractivity contribution in [2.45, 2.75) is 193 Å². The summed E-state index contributed by atoms with van der Waals surface area (Å²) in [5, 5.41) is 11.7. The van der Waals surface area contributed by atoms with Crippen LogP contribution in [0.5, 0.6) is 0 Å². The second kappa shape index (κ2) is 46.5. The molecule has 0 fully saturated rings. The average molecular weight is 904 g/mol. The first-order valence-corrected chi connectivity index (χ1v) is 25.4. The van der Waals surface area contributed by atoms with Crippen LogP contribution in [0.15, 0.2) is 109 Å². The zero-order valence-electron chi connectivity index (χ0n) is 41.9. The van der Waals surface area contributed by atoms with Crippen molar-refractivity contribution in [1.82, 2.24) is 0 Å². The smallest absolute Gasteiger partial charge is 0.306 e. The normalized spacial score (nSPS) is 13.8. The van der Waals surface area contributed by atoms with Crippen LogP contribution in [-0.2, 0) is 28.6 Å². The molecule has 0 aliphatic carbocycles. The summed E-state index contributed by atoms with van der Waals surface area (Å²) in [7, 11) is 5.38. The molecule has 0 rings (SSSR count). The van der Waals surface area contributed by atoms with Gasteiger partial charge in [-0.3, -0.25) is 9.59 Å². The van der Waals surface area contributed by atoms with E-state index in [4.69, 9.17) is 14.2 Å². The van der Waals surface area contributed by atoms with Gasteiger partial charge in [0.1, 0.15) is 12.6 Å². The lowest BCUT2D eigenvalue weighted by molar-refractivity contribution is -0.889. The maximum Gasteiger partial charge on any atom is 0.306 e. The second-order valence-electron chi connectivity index (χ2n) is 17.7. The molecule has 0 aliphatic rings. The van der Waals surface area contributed by atoms with Gasteiger partial charge in [-0.05, 0) is 89.9 Å². The number of unbranched alkanes of at least 4 members (excludes halogenated alkanes) is 13. The van der Waals surface area contributed by atoms with Crippen LogP contribution in [0.25, 0.3) is 0 Å². The van der Waals surface area contributed by atoms with E-state index in [0.29, 0.717) is 12.8 Å². The Kier molecular flexibility index (Phi) is 43.6. The quantitative estimate of drug-likeness (QED) is 0.0197. The molecule has 0 bridgehead atoms. The zero-order chi connectivity index (χ0) is 47.7. The first-order chi connectivity index (χ1) is 31.6. The van der Waals surface area contributed by atoms with Gasteiger partial charge in [0.15, 0.2) is 6.10 Å². The Balaban J connectivity index is 4.43. The Morgan fingerprint density at radius 1 is 0.492 bits per heavy atom. The molecule has 8 nitrogen and oxygen atoms in total. The number of esters is 2. The largest absolute Gasteiger partial charge is 0.544 e. The van der Waals surface area contributed by atoms with Crippen molar-refractivity contribution in [3.8, 4) is 0 Å². The highest BCUT2D eigenvalue weighted by atomic mass is 16.6. The van der Waals surface area contributed by atoms with Gasteiger partial charge in [-0.2, -0.15) is 0 Å². The Bertz CT molecular complexity index is 1420. The van der Waals surface area contributed by atoms with Crippen molar-refractivity contribution in [3.63, 3.8) is 0 Å². The predicted molar refractivity (Wildman–Crippen MR) is 272 cm³/mol. The fourth-order valence-electron chi connectivity index (χ4n) is 6.76. The van der Waals surface area contributed by atoms with E-state index in [9.17, 15) is 19.5 Å². The van der Waals surface area contributed by atoms with Crippen molar-refractivity contribution in [1.29, 1.82) is 0 Å². The van der Waals surface area contributed by atoms with Gasteiger partial charge in [-0.15, -0.1) is 0 Å². The molecule has 0 N–H and O–H groups in total. The number of allylic oxidation sites excluding steroid dienone is 18.